The number of benzene rings is 1. The molecule has 1 aliphatic heterocycles. The summed E-state index contributed by atoms with van der Waals surface area (Å²) in [7, 11) is 0. The zero-order chi connectivity index (χ0) is 13.8. The lowest BCUT2D eigenvalue weighted by molar-refractivity contribution is -0.131. The van der Waals surface area contributed by atoms with Gasteiger partial charge in [-0.15, -0.1) is 0 Å². The molecule has 1 saturated carbocycles. The number of hydrogen-bond donors (Lipinski definition) is 1. The molecule has 0 radical (unpaired) electrons. The Labute approximate surface area is 121 Å². The molecule has 1 aromatic carbocycles. The highest BCUT2D eigenvalue weighted by molar-refractivity contribution is 5.78. The minimum absolute atomic E-state index is 0.275. The average molecular weight is 272 g/mol. The molecule has 0 aromatic heterocycles. The summed E-state index contributed by atoms with van der Waals surface area (Å²) >= 11 is 0. The van der Waals surface area contributed by atoms with E-state index in [-0.39, 0.29) is 5.91 Å². The van der Waals surface area contributed by atoms with Gasteiger partial charge in [-0.2, -0.15) is 0 Å². The summed E-state index contributed by atoms with van der Waals surface area (Å²) in [4.78, 5) is 14.1. The second-order valence-electron chi connectivity index (χ2n) is 6.14. The van der Waals surface area contributed by atoms with Crippen molar-refractivity contribution in [3.05, 3.63) is 35.9 Å². The summed E-state index contributed by atoms with van der Waals surface area (Å²) in [5.41, 5.74) is 1.42. The van der Waals surface area contributed by atoms with Crippen molar-refractivity contribution in [3.63, 3.8) is 0 Å². The van der Waals surface area contributed by atoms with Crippen molar-refractivity contribution in [1.82, 2.24) is 10.2 Å². The Morgan fingerprint density at radius 2 is 1.80 bits per heavy atom. The first-order chi connectivity index (χ1) is 9.83. The first kappa shape index (κ1) is 13.6. The SMILES string of the molecule is O=C(CNCC1CC1)N1CCC(c2ccccc2)CC1. The van der Waals surface area contributed by atoms with Crippen LogP contribution in [0.3, 0.4) is 0 Å². The zero-order valence-electron chi connectivity index (χ0n) is 12.1. The summed E-state index contributed by atoms with van der Waals surface area (Å²) < 4.78 is 0. The van der Waals surface area contributed by atoms with Gasteiger partial charge in [0.1, 0.15) is 0 Å². The smallest absolute Gasteiger partial charge is 0.236 e. The molecule has 0 spiro atoms. The zero-order valence-corrected chi connectivity index (χ0v) is 12.1. The highest BCUT2D eigenvalue weighted by Gasteiger charge is 2.24. The van der Waals surface area contributed by atoms with E-state index >= 15 is 0 Å². The number of nitrogens with one attached hydrogen (secondary N) is 1. The van der Waals surface area contributed by atoms with E-state index < -0.39 is 0 Å². The monoisotopic (exact) mass is 272 g/mol. The van der Waals surface area contributed by atoms with Gasteiger partial charge in [-0.1, -0.05) is 30.3 Å². The van der Waals surface area contributed by atoms with Crippen LogP contribution in [0.15, 0.2) is 30.3 Å². The number of likely N-dealkylation sites (tertiary alicyclic amines) is 1. The van der Waals surface area contributed by atoms with E-state index in [0.29, 0.717) is 12.5 Å². The molecule has 3 heteroatoms. The fraction of sp³-hybridized carbons (Fsp3) is 0.588. The van der Waals surface area contributed by atoms with Crippen LogP contribution < -0.4 is 5.32 Å². The van der Waals surface area contributed by atoms with Crippen molar-refractivity contribution < 1.29 is 4.79 Å². The van der Waals surface area contributed by atoms with E-state index in [2.05, 4.69) is 35.6 Å². The third kappa shape index (κ3) is 3.60. The number of carbonyl (C=O) groups excluding carboxylic acids is 1. The minimum atomic E-state index is 0.275. The maximum atomic E-state index is 12.1. The second-order valence-corrected chi connectivity index (χ2v) is 6.14. The average Bonchev–Trinajstić information content (AvgIpc) is 3.32. The van der Waals surface area contributed by atoms with E-state index in [1.807, 2.05) is 4.90 Å². The number of rotatable bonds is 5. The van der Waals surface area contributed by atoms with Gasteiger partial charge in [0.25, 0.3) is 0 Å². The highest BCUT2D eigenvalue weighted by Crippen LogP contribution is 2.28. The Kier molecular flexibility index (Phi) is 4.36. The fourth-order valence-electron chi connectivity index (χ4n) is 3.00. The van der Waals surface area contributed by atoms with Crippen molar-refractivity contribution in [1.29, 1.82) is 0 Å². The first-order valence-corrected chi connectivity index (χ1v) is 7.86. The van der Waals surface area contributed by atoms with Crippen LogP contribution in [0.4, 0.5) is 0 Å². The van der Waals surface area contributed by atoms with Gasteiger partial charge < -0.3 is 10.2 Å². The van der Waals surface area contributed by atoms with Crippen LogP contribution in [-0.4, -0.2) is 37.0 Å². The fourth-order valence-corrected chi connectivity index (χ4v) is 3.00. The summed E-state index contributed by atoms with van der Waals surface area (Å²) in [6, 6.07) is 10.7. The van der Waals surface area contributed by atoms with Crippen LogP contribution in [0.25, 0.3) is 0 Å². The Morgan fingerprint density at radius 3 is 2.45 bits per heavy atom. The molecule has 3 rings (SSSR count). The summed E-state index contributed by atoms with van der Waals surface area (Å²) in [6.07, 6.45) is 4.87. The molecular weight excluding hydrogens is 248 g/mol. The lowest BCUT2D eigenvalue weighted by Gasteiger charge is -2.32. The molecule has 0 unspecified atom stereocenters. The number of hydrogen-bond acceptors (Lipinski definition) is 2. The van der Waals surface area contributed by atoms with Crippen LogP contribution in [0.5, 0.6) is 0 Å². The Morgan fingerprint density at radius 1 is 1.10 bits per heavy atom. The lowest BCUT2D eigenvalue weighted by Crippen LogP contribution is -2.42. The largest absolute Gasteiger partial charge is 0.342 e. The maximum absolute atomic E-state index is 12.1. The van der Waals surface area contributed by atoms with Gasteiger partial charge in [-0.25, -0.2) is 0 Å². The molecule has 2 aliphatic rings. The van der Waals surface area contributed by atoms with Crippen LogP contribution >= 0.6 is 0 Å². The third-order valence-corrected chi connectivity index (χ3v) is 4.52. The molecule has 1 N–H and O–H groups in total. The molecule has 1 heterocycles. The van der Waals surface area contributed by atoms with Crippen molar-refractivity contribution in [2.24, 2.45) is 5.92 Å². The Bertz CT molecular complexity index is 434. The van der Waals surface area contributed by atoms with E-state index in [9.17, 15) is 4.79 Å². The molecule has 1 saturated heterocycles. The standard InChI is InChI=1S/C17H24N2O/c20-17(13-18-12-14-6-7-14)19-10-8-16(9-11-19)15-4-2-1-3-5-15/h1-5,14,16,18H,6-13H2. The molecular formula is C17H24N2O. The molecule has 2 fully saturated rings. The molecule has 108 valence electrons. The minimum Gasteiger partial charge on any atom is -0.342 e. The van der Waals surface area contributed by atoms with Crippen molar-refractivity contribution >= 4 is 5.91 Å². The quantitative estimate of drug-likeness (QED) is 0.892. The number of nitrogens with zero attached hydrogens (tertiary/aromatic N) is 1. The van der Waals surface area contributed by atoms with Crippen LogP contribution in [0.1, 0.15) is 37.2 Å². The van der Waals surface area contributed by atoms with Crippen LogP contribution in [0.2, 0.25) is 0 Å². The Balaban J connectivity index is 1.42. The van der Waals surface area contributed by atoms with Crippen LogP contribution in [0, 0.1) is 5.92 Å². The van der Waals surface area contributed by atoms with Gasteiger partial charge in [-0.3, -0.25) is 4.79 Å². The molecule has 1 amide bonds. The van der Waals surface area contributed by atoms with Gasteiger partial charge in [0.2, 0.25) is 5.91 Å². The first-order valence-electron chi connectivity index (χ1n) is 7.86. The predicted molar refractivity (Wildman–Crippen MR) is 80.6 cm³/mol. The number of piperidine rings is 1. The molecule has 20 heavy (non-hydrogen) atoms. The number of amides is 1. The topological polar surface area (TPSA) is 32.3 Å². The number of carbonyl (C=O) groups is 1. The Hall–Kier alpha value is -1.35. The molecule has 0 atom stereocenters. The van der Waals surface area contributed by atoms with Gasteiger partial charge >= 0.3 is 0 Å². The second kappa shape index (κ2) is 6.40. The summed E-state index contributed by atoms with van der Waals surface area (Å²) in [5, 5.41) is 3.30. The van der Waals surface area contributed by atoms with E-state index in [1.54, 1.807) is 0 Å². The highest BCUT2D eigenvalue weighted by atomic mass is 16.2. The lowest BCUT2D eigenvalue weighted by atomic mass is 9.89. The van der Waals surface area contributed by atoms with Crippen molar-refractivity contribution in [2.45, 2.75) is 31.6 Å². The normalized spacial score (nSPS) is 20.1. The predicted octanol–water partition coefficient (Wildman–Crippen LogP) is 2.39. The van der Waals surface area contributed by atoms with Crippen LogP contribution in [-0.2, 0) is 4.79 Å². The van der Waals surface area contributed by atoms with Gasteiger partial charge in [-0.05, 0) is 49.6 Å². The summed E-state index contributed by atoms with van der Waals surface area (Å²) in [5.74, 6) is 1.74. The van der Waals surface area contributed by atoms with Crippen molar-refractivity contribution in [3.8, 4) is 0 Å². The van der Waals surface area contributed by atoms with Crippen molar-refractivity contribution in [2.75, 3.05) is 26.2 Å². The molecule has 3 nitrogen and oxygen atoms in total. The molecule has 1 aromatic rings. The van der Waals surface area contributed by atoms with Gasteiger partial charge in [0.05, 0.1) is 6.54 Å². The molecule has 0 bridgehead atoms. The maximum Gasteiger partial charge on any atom is 0.236 e. The van der Waals surface area contributed by atoms with E-state index in [1.165, 1.54) is 18.4 Å². The van der Waals surface area contributed by atoms with E-state index in [0.717, 1.165) is 38.4 Å². The molecule has 1 aliphatic carbocycles. The van der Waals surface area contributed by atoms with E-state index in [4.69, 9.17) is 0 Å². The third-order valence-electron chi connectivity index (χ3n) is 4.52. The summed E-state index contributed by atoms with van der Waals surface area (Å²) in [6.45, 7) is 3.35. The van der Waals surface area contributed by atoms with Gasteiger partial charge in [0.15, 0.2) is 0 Å². The van der Waals surface area contributed by atoms with Gasteiger partial charge in [0, 0.05) is 13.1 Å².